The van der Waals surface area contributed by atoms with Crippen LogP contribution in [0.25, 0.3) is 0 Å². The van der Waals surface area contributed by atoms with Crippen molar-refractivity contribution in [3.8, 4) is 0 Å². The van der Waals surface area contributed by atoms with Crippen molar-refractivity contribution in [2.75, 3.05) is 0 Å². The van der Waals surface area contributed by atoms with Crippen molar-refractivity contribution in [2.24, 2.45) is 0 Å². The van der Waals surface area contributed by atoms with Crippen LogP contribution in [0.2, 0.25) is 5.02 Å². The highest BCUT2D eigenvalue weighted by atomic mass is 35.5. The molecule has 0 fully saturated rings. The van der Waals surface area contributed by atoms with Gasteiger partial charge in [0, 0.05) is 12.3 Å². The monoisotopic (exact) mass is 241 g/mol. The van der Waals surface area contributed by atoms with E-state index in [1.54, 1.807) is 18.3 Å². The Morgan fingerprint density at radius 2 is 2.13 bits per heavy atom. The molecule has 0 aromatic carbocycles. The van der Waals surface area contributed by atoms with Crippen molar-refractivity contribution >= 4 is 23.4 Å². The second-order valence-electron chi connectivity index (χ2n) is 2.57. The first-order valence-electron chi connectivity index (χ1n) is 4.01. The van der Waals surface area contributed by atoms with Crippen LogP contribution in [0.5, 0.6) is 0 Å². The molecule has 2 aromatic heterocycles. The molecule has 0 aliphatic carbocycles. The van der Waals surface area contributed by atoms with E-state index in [4.69, 9.17) is 11.6 Å². The molecule has 0 atom stereocenters. The van der Waals surface area contributed by atoms with E-state index in [9.17, 15) is 4.39 Å². The molecule has 76 valence electrons. The third kappa shape index (κ3) is 2.64. The Labute approximate surface area is 94.7 Å². The van der Waals surface area contributed by atoms with Gasteiger partial charge in [0.2, 0.25) is 5.95 Å². The number of rotatable bonds is 2. The normalized spacial score (nSPS) is 10.3. The van der Waals surface area contributed by atoms with Gasteiger partial charge in [0.25, 0.3) is 0 Å². The SMILES string of the molecule is Fc1cc(Sc2ncccc2Cl)ncn1. The fourth-order valence-corrected chi connectivity index (χ4v) is 1.89. The first-order chi connectivity index (χ1) is 7.25. The highest BCUT2D eigenvalue weighted by molar-refractivity contribution is 7.99. The van der Waals surface area contributed by atoms with Gasteiger partial charge in [0.1, 0.15) is 16.4 Å². The number of hydrogen-bond acceptors (Lipinski definition) is 4. The third-order valence-corrected chi connectivity index (χ3v) is 2.90. The fraction of sp³-hybridized carbons (Fsp3) is 0. The van der Waals surface area contributed by atoms with E-state index in [1.807, 2.05) is 0 Å². The summed E-state index contributed by atoms with van der Waals surface area (Å²) in [6.07, 6.45) is 2.78. The van der Waals surface area contributed by atoms with Gasteiger partial charge in [-0.3, -0.25) is 0 Å². The van der Waals surface area contributed by atoms with Gasteiger partial charge < -0.3 is 0 Å². The number of nitrogens with zero attached hydrogens (tertiary/aromatic N) is 3. The van der Waals surface area contributed by atoms with Crippen LogP contribution in [0, 0.1) is 5.95 Å². The smallest absolute Gasteiger partial charge is 0.217 e. The molecular formula is C9H5ClFN3S. The van der Waals surface area contributed by atoms with Crippen LogP contribution < -0.4 is 0 Å². The largest absolute Gasteiger partial charge is 0.248 e. The Bertz CT molecular complexity index is 480. The van der Waals surface area contributed by atoms with Crippen LogP contribution >= 0.6 is 23.4 Å². The van der Waals surface area contributed by atoms with Crippen LogP contribution in [0.15, 0.2) is 40.8 Å². The average Bonchev–Trinajstić information content (AvgIpc) is 2.22. The molecule has 0 aliphatic heterocycles. The van der Waals surface area contributed by atoms with Gasteiger partial charge in [-0.25, -0.2) is 15.0 Å². The first kappa shape index (κ1) is 10.3. The lowest BCUT2D eigenvalue weighted by Gasteiger charge is -2.00. The summed E-state index contributed by atoms with van der Waals surface area (Å²) in [4.78, 5) is 11.3. The Kier molecular flexibility index (Phi) is 3.13. The van der Waals surface area contributed by atoms with E-state index in [0.29, 0.717) is 15.1 Å². The lowest BCUT2D eigenvalue weighted by Crippen LogP contribution is -1.87. The summed E-state index contributed by atoms with van der Waals surface area (Å²) in [5.74, 6) is -0.570. The lowest BCUT2D eigenvalue weighted by molar-refractivity contribution is 0.572. The van der Waals surface area contributed by atoms with Gasteiger partial charge in [-0.2, -0.15) is 4.39 Å². The molecule has 0 amide bonds. The first-order valence-corrected chi connectivity index (χ1v) is 5.21. The van der Waals surface area contributed by atoms with Gasteiger partial charge in [0.05, 0.1) is 5.02 Å². The van der Waals surface area contributed by atoms with Gasteiger partial charge in [0.15, 0.2) is 0 Å². The zero-order valence-corrected chi connectivity index (χ0v) is 8.96. The van der Waals surface area contributed by atoms with Crippen LogP contribution in [0.3, 0.4) is 0 Å². The minimum Gasteiger partial charge on any atom is -0.248 e. The standard InChI is InChI=1S/C9H5ClFN3S/c10-6-2-1-3-12-9(6)15-8-4-7(11)13-5-14-8/h1-5H. The summed E-state index contributed by atoms with van der Waals surface area (Å²) in [6, 6.07) is 4.68. The van der Waals surface area contributed by atoms with Crippen LogP contribution in [-0.4, -0.2) is 15.0 Å². The van der Waals surface area contributed by atoms with E-state index < -0.39 is 5.95 Å². The van der Waals surface area contributed by atoms with Crippen LogP contribution in [-0.2, 0) is 0 Å². The summed E-state index contributed by atoms with van der Waals surface area (Å²) in [5.41, 5.74) is 0. The molecule has 0 aliphatic rings. The Hall–Kier alpha value is -1.20. The van der Waals surface area contributed by atoms with Gasteiger partial charge in [-0.1, -0.05) is 11.6 Å². The predicted octanol–water partition coefficient (Wildman–Crippen LogP) is 2.82. The zero-order chi connectivity index (χ0) is 10.7. The summed E-state index contributed by atoms with van der Waals surface area (Å²) < 4.78 is 12.8. The van der Waals surface area contributed by atoms with Crippen molar-refractivity contribution in [3.05, 3.63) is 41.7 Å². The molecule has 0 saturated carbocycles. The molecule has 3 nitrogen and oxygen atoms in total. The van der Waals surface area contributed by atoms with E-state index in [1.165, 1.54) is 17.8 Å². The fourth-order valence-electron chi connectivity index (χ4n) is 0.919. The minimum atomic E-state index is -0.570. The maximum atomic E-state index is 12.8. The predicted molar refractivity (Wildman–Crippen MR) is 55.4 cm³/mol. The number of hydrogen-bond donors (Lipinski definition) is 0. The third-order valence-electron chi connectivity index (χ3n) is 1.53. The molecule has 0 saturated heterocycles. The second kappa shape index (κ2) is 4.55. The highest BCUT2D eigenvalue weighted by Crippen LogP contribution is 2.29. The molecular weight excluding hydrogens is 237 g/mol. The molecule has 0 bridgehead atoms. The Balaban J connectivity index is 2.26. The summed E-state index contributed by atoms with van der Waals surface area (Å²) in [7, 11) is 0. The molecule has 15 heavy (non-hydrogen) atoms. The average molecular weight is 242 g/mol. The maximum Gasteiger partial charge on any atom is 0.217 e. The molecule has 6 heteroatoms. The van der Waals surface area contributed by atoms with Gasteiger partial charge in [-0.05, 0) is 23.9 Å². The van der Waals surface area contributed by atoms with E-state index >= 15 is 0 Å². The molecule has 0 radical (unpaired) electrons. The highest BCUT2D eigenvalue weighted by Gasteiger charge is 2.05. The van der Waals surface area contributed by atoms with Crippen molar-refractivity contribution in [3.63, 3.8) is 0 Å². The van der Waals surface area contributed by atoms with Crippen LogP contribution in [0.4, 0.5) is 4.39 Å². The Morgan fingerprint density at radius 3 is 2.87 bits per heavy atom. The molecule has 2 rings (SSSR count). The zero-order valence-electron chi connectivity index (χ0n) is 7.39. The van der Waals surface area contributed by atoms with Crippen molar-refractivity contribution in [1.29, 1.82) is 0 Å². The molecule has 0 spiro atoms. The van der Waals surface area contributed by atoms with E-state index in [2.05, 4.69) is 15.0 Å². The van der Waals surface area contributed by atoms with Gasteiger partial charge in [-0.15, -0.1) is 0 Å². The van der Waals surface area contributed by atoms with Crippen LogP contribution in [0.1, 0.15) is 0 Å². The Morgan fingerprint density at radius 1 is 1.27 bits per heavy atom. The van der Waals surface area contributed by atoms with Crippen molar-refractivity contribution in [1.82, 2.24) is 15.0 Å². The summed E-state index contributed by atoms with van der Waals surface area (Å²) in [6.45, 7) is 0. The lowest BCUT2D eigenvalue weighted by atomic mass is 10.5. The molecule has 2 aromatic rings. The topological polar surface area (TPSA) is 38.7 Å². The second-order valence-corrected chi connectivity index (χ2v) is 3.99. The van der Waals surface area contributed by atoms with E-state index in [0.717, 1.165) is 6.33 Å². The quantitative estimate of drug-likeness (QED) is 0.758. The molecule has 2 heterocycles. The minimum absolute atomic E-state index is 0.475. The van der Waals surface area contributed by atoms with E-state index in [-0.39, 0.29) is 0 Å². The molecule has 0 unspecified atom stereocenters. The number of aromatic nitrogens is 3. The van der Waals surface area contributed by atoms with Crippen molar-refractivity contribution in [2.45, 2.75) is 10.1 Å². The maximum absolute atomic E-state index is 12.8. The summed E-state index contributed by atoms with van der Waals surface area (Å²) in [5, 5.41) is 1.59. The number of halogens is 2. The molecule has 0 N–H and O–H groups in total. The summed E-state index contributed by atoms with van der Waals surface area (Å²) >= 11 is 7.09. The number of pyridine rings is 1. The van der Waals surface area contributed by atoms with Gasteiger partial charge >= 0.3 is 0 Å². The van der Waals surface area contributed by atoms with Crippen molar-refractivity contribution < 1.29 is 4.39 Å².